The first-order valence-electron chi connectivity index (χ1n) is 8.36. The summed E-state index contributed by atoms with van der Waals surface area (Å²) in [6.45, 7) is 8.56. The van der Waals surface area contributed by atoms with Gasteiger partial charge in [-0.3, -0.25) is 4.79 Å². The maximum absolute atomic E-state index is 13.5. The molecule has 24 heavy (non-hydrogen) atoms. The zero-order valence-electron chi connectivity index (χ0n) is 15.2. The van der Waals surface area contributed by atoms with Crippen molar-refractivity contribution in [2.24, 2.45) is 5.92 Å². The van der Waals surface area contributed by atoms with E-state index < -0.39 is 39.8 Å². The van der Waals surface area contributed by atoms with E-state index in [9.17, 15) is 22.2 Å². The highest BCUT2D eigenvalue weighted by molar-refractivity contribution is 7.84. The fraction of sp³-hybridized carbons (Fsp3) is 0.938. The number of carbonyl (C=O) groups is 1. The zero-order valence-corrected chi connectivity index (χ0v) is 16.0. The molecule has 144 valence electrons. The standard InChI is InChI=1S/C16H30F3NO3S/c1-6-8-10-12(14(21)23-11-9-7-2)13(16(17,18)19)20-24(22)15(3,4)5/h12-13,20H,6-11H2,1-5H3/t12-,13-,24-/m0/s1. The number of unbranched alkanes of at least 4 members (excludes halogenated alkanes) is 2. The monoisotopic (exact) mass is 373 g/mol. The highest BCUT2D eigenvalue weighted by Crippen LogP contribution is 2.31. The largest absolute Gasteiger partial charge is 0.465 e. The summed E-state index contributed by atoms with van der Waals surface area (Å²) in [5.41, 5.74) is 0. The summed E-state index contributed by atoms with van der Waals surface area (Å²) in [4.78, 5) is 12.2. The van der Waals surface area contributed by atoms with Crippen LogP contribution in [0.4, 0.5) is 13.2 Å². The Hall–Kier alpha value is -0.630. The fourth-order valence-electron chi connectivity index (χ4n) is 1.94. The molecule has 0 aromatic carbocycles. The average molecular weight is 373 g/mol. The molecule has 0 bridgehead atoms. The minimum Gasteiger partial charge on any atom is -0.465 e. The molecule has 4 nitrogen and oxygen atoms in total. The quantitative estimate of drug-likeness (QED) is 0.463. The van der Waals surface area contributed by atoms with Crippen molar-refractivity contribution in [3.63, 3.8) is 0 Å². The third-order valence-electron chi connectivity index (χ3n) is 3.46. The second kappa shape index (κ2) is 10.4. The molecule has 0 aliphatic rings. The van der Waals surface area contributed by atoms with Crippen LogP contribution in [-0.2, 0) is 20.5 Å². The highest BCUT2D eigenvalue weighted by Gasteiger charge is 2.49. The Morgan fingerprint density at radius 1 is 1.12 bits per heavy atom. The Balaban J connectivity index is 5.34. The lowest BCUT2D eigenvalue weighted by Crippen LogP contribution is -2.53. The number of halogens is 3. The molecular formula is C16H30F3NO3S. The summed E-state index contributed by atoms with van der Waals surface area (Å²) in [7, 11) is -1.94. The van der Waals surface area contributed by atoms with Crippen molar-refractivity contribution >= 4 is 17.0 Å². The zero-order chi connectivity index (χ0) is 19.0. The van der Waals surface area contributed by atoms with E-state index in [1.54, 1.807) is 20.8 Å². The van der Waals surface area contributed by atoms with Crippen LogP contribution in [0.25, 0.3) is 0 Å². The van der Waals surface area contributed by atoms with Gasteiger partial charge in [-0.15, -0.1) is 0 Å². The van der Waals surface area contributed by atoms with Crippen LogP contribution in [0.2, 0.25) is 0 Å². The molecule has 0 aliphatic carbocycles. The third kappa shape index (κ3) is 8.46. The van der Waals surface area contributed by atoms with Crippen molar-refractivity contribution in [3.05, 3.63) is 0 Å². The lowest BCUT2D eigenvalue weighted by molar-refractivity contribution is -0.179. The molecule has 0 radical (unpaired) electrons. The fourth-order valence-corrected chi connectivity index (χ4v) is 2.82. The number of hydrogen-bond donors (Lipinski definition) is 1. The van der Waals surface area contributed by atoms with E-state index in [2.05, 4.69) is 4.72 Å². The van der Waals surface area contributed by atoms with E-state index in [4.69, 9.17) is 4.74 Å². The van der Waals surface area contributed by atoms with E-state index in [1.165, 1.54) is 0 Å². The molecule has 0 unspecified atom stereocenters. The summed E-state index contributed by atoms with van der Waals surface area (Å²) in [5.74, 6) is -2.27. The van der Waals surface area contributed by atoms with Gasteiger partial charge in [0.15, 0.2) is 0 Å². The number of alkyl halides is 3. The van der Waals surface area contributed by atoms with Crippen molar-refractivity contribution in [1.82, 2.24) is 4.72 Å². The number of carbonyl (C=O) groups excluding carboxylic acids is 1. The normalized spacial score (nSPS) is 16.5. The van der Waals surface area contributed by atoms with Gasteiger partial charge in [0.2, 0.25) is 0 Å². The summed E-state index contributed by atoms with van der Waals surface area (Å²) < 4.78 is 58.9. The van der Waals surface area contributed by atoms with Crippen LogP contribution in [0.3, 0.4) is 0 Å². The van der Waals surface area contributed by atoms with Crippen LogP contribution in [0.1, 0.15) is 66.7 Å². The number of nitrogens with one attached hydrogen (secondary N) is 1. The van der Waals surface area contributed by atoms with E-state index in [0.29, 0.717) is 19.3 Å². The highest BCUT2D eigenvalue weighted by atomic mass is 32.2. The Kier molecular flexibility index (Phi) is 10.1. The number of ether oxygens (including phenoxy) is 1. The second-order valence-electron chi connectivity index (χ2n) is 6.79. The molecule has 0 spiro atoms. The summed E-state index contributed by atoms with van der Waals surface area (Å²) in [5, 5.41) is 0. The van der Waals surface area contributed by atoms with Crippen molar-refractivity contribution in [3.8, 4) is 0 Å². The lowest BCUT2D eigenvalue weighted by atomic mass is 9.94. The molecule has 0 heterocycles. The smallest absolute Gasteiger partial charge is 0.405 e. The van der Waals surface area contributed by atoms with Gasteiger partial charge in [0.1, 0.15) is 6.04 Å². The molecule has 0 amide bonds. The number of esters is 1. The average Bonchev–Trinajstić information content (AvgIpc) is 2.44. The van der Waals surface area contributed by atoms with Crippen LogP contribution >= 0.6 is 0 Å². The van der Waals surface area contributed by atoms with Gasteiger partial charge in [0.05, 0.1) is 28.3 Å². The van der Waals surface area contributed by atoms with Crippen LogP contribution in [0, 0.1) is 5.92 Å². The third-order valence-corrected chi connectivity index (χ3v) is 5.04. The first-order chi connectivity index (χ1) is 10.9. The second-order valence-corrected chi connectivity index (χ2v) is 8.79. The Labute approximate surface area is 145 Å². The SMILES string of the molecule is CCCCOC(=O)[C@@H](CCCC)[C@H](N[S@@](=O)C(C)(C)C)C(F)(F)F. The number of hydrogen-bond acceptors (Lipinski definition) is 3. The molecule has 0 rings (SSSR count). The van der Waals surface area contributed by atoms with Crippen LogP contribution in [-0.4, -0.2) is 33.8 Å². The van der Waals surface area contributed by atoms with Gasteiger partial charge in [0.25, 0.3) is 0 Å². The van der Waals surface area contributed by atoms with Crippen LogP contribution in [0.5, 0.6) is 0 Å². The van der Waals surface area contributed by atoms with Crippen molar-refractivity contribution < 1.29 is 26.9 Å². The molecule has 0 saturated heterocycles. The van der Waals surface area contributed by atoms with Crippen molar-refractivity contribution in [2.75, 3.05) is 6.61 Å². The molecule has 8 heteroatoms. The molecule has 0 fully saturated rings. The molecule has 0 aliphatic heterocycles. The topological polar surface area (TPSA) is 55.4 Å². The van der Waals surface area contributed by atoms with Crippen LogP contribution in [0.15, 0.2) is 0 Å². The molecular weight excluding hydrogens is 343 g/mol. The van der Waals surface area contributed by atoms with E-state index in [-0.39, 0.29) is 13.0 Å². The lowest BCUT2D eigenvalue weighted by Gasteiger charge is -2.30. The molecule has 3 atom stereocenters. The van der Waals surface area contributed by atoms with Crippen molar-refractivity contribution in [1.29, 1.82) is 0 Å². The van der Waals surface area contributed by atoms with Gasteiger partial charge in [0, 0.05) is 0 Å². The van der Waals surface area contributed by atoms with Gasteiger partial charge < -0.3 is 4.74 Å². The Bertz CT molecular complexity index is 408. The summed E-state index contributed by atoms with van der Waals surface area (Å²) in [6.07, 6.45) is -2.15. The van der Waals surface area contributed by atoms with E-state index in [1.807, 2.05) is 13.8 Å². The van der Waals surface area contributed by atoms with Crippen LogP contribution < -0.4 is 4.72 Å². The van der Waals surface area contributed by atoms with Gasteiger partial charge in [-0.1, -0.05) is 33.1 Å². The Morgan fingerprint density at radius 3 is 2.08 bits per heavy atom. The number of rotatable bonds is 10. The van der Waals surface area contributed by atoms with E-state index >= 15 is 0 Å². The molecule has 0 aromatic heterocycles. The predicted molar refractivity (Wildman–Crippen MR) is 89.8 cm³/mol. The minimum absolute atomic E-state index is 0.0416. The first-order valence-corrected chi connectivity index (χ1v) is 9.51. The molecule has 0 saturated carbocycles. The Morgan fingerprint density at radius 2 is 1.67 bits per heavy atom. The summed E-state index contributed by atoms with van der Waals surface area (Å²) >= 11 is 0. The molecule has 1 N–H and O–H groups in total. The minimum atomic E-state index is -4.69. The van der Waals surface area contributed by atoms with Gasteiger partial charge in [-0.05, 0) is 33.6 Å². The van der Waals surface area contributed by atoms with E-state index in [0.717, 1.165) is 6.42 Å². The molecule has 0 aromatic rings. The predicted octanol–water partition coefficient (Wildman–Crippen LogP) is 4.12. The maximum Gasteiger partial charge on any atom is 0.405 e. The van der Waals surface area contributed by atoms with Crippen molar-refractivity contribution in [2.45, 2.75) is 83.7 Å². The maximum atomic E-state index is 13.5. The summed E-state index contributed by atoms with van der Waals surface area (Å²) in [6, 6.07) is -2.18. The van der Waals surface area contributed by atoms with Gasteiger partial charge in [-0.25, -0.2) is 8.93 Å². The van der Waals surface area contributed by atoms with Gasteiger partial charge >= 0.3 is 12.1 Å². The first kappa shape index (κ1) is 23.4. The van der Waals surface area contributed by atoms with Gasteiger partial charge in [-0.2, -0.15) is 13.2 Å².